The minimum absolute atomic E-state index is 0.310. The highest BCUT2D eigenvalue weighted by molar-refractivity contribution is 5.86. The van der Waals surface area contributed by atoms with E-state index in [1.54, 1.807) is 0 Å². The van der Waals surface area contributed by atoms with Gasteiger partial charge in [0.2, 0.25) is 0 Å². The average molecular weight is 217 g/mol. The molecule has 4 nitrogen and oxygen atoms in total. The molecule has 3 atom stereocenters. The monoisotopic (exact) mass is 217 g/mol. The Morgan fingerprint density at radius 2 is 1.88 bits per heavy atom. The lowest BCUT2D eigenvalue weighted by Gasteiger charge is -2.21. The van der Waals surface area contributed by atoms with Gasteiger partial charge in [-0.05, 0) is 24.0 Å². The number of nitrogens with two attached hydrogens (primary N) is 1. The molecular formula is C12H15N3O. The molecule has 16 heavy (non-hydrogen) atoms. The van der Waals surface area contributed by atoms with E-state index in [-0.39, 0.29) is 0 Å². The molecule has 0 bridgehead atoms. The number of nitrogens with zero attached hydrogens (tertiary/aromatic N) is 2. The number of piperidine rings is 1. The number of hydrogen-bond acceptors (Lipinski definition) is 3. The van der Waals surface area contributed by atoms with Crippen molar-refractivity contribution in [3.8, 4) is 0 Å². The van der Waals surface area contributed by atoms with E-state index >= 15 is 0 Å². The Hall–Kier alpha value is -1.71. The van der Waals surface area contributed by atoms with Crippen LogP contribution < -0.4 is 10.6 Å². The largest absolute Gasteiger partial charge is 0.409 e. The Kier molecular flexibility index (Phi) is 2.02. The molecule has 1 aliphatic carbocycles. The predicted molar refractivity (Wildman–Crippen MR) is 62.5 cm³/mol. The number of hydrogen-bond donors (Lipinski definition) is 2. The number of oxime groups is 1. The highest BCUT2D eigenvalue weighted by atomic mass is 16.4. The number of anilines is 1. The Morgan fingerprint density at radius 3 is 2.44 bits per heavy atom. The van der Waals surface area contributed by atoms with Gasteiger partial charge in [0.25, 0.3) is 0 Å². The molecule has 0 aromatic heterocycles. The Balaban J connectivity index is 1.68. The van der Waals surface area contributed by atoms with E-state index in [0.717, 1.165) is 13.1 Å². The molecule has 0 spiro atoms. The summed E-state index contributed by atoms with van der Waals surface area (Å²) in [6, 6.07) is 10.4. The maximum absolute atomic E-state index is 8.63. The number of fused-ring (bicyclic) bond motifs is 1. The first-order valence-corrected chi connectivity index (χ1v) is 5.58. The standard InChI is InChI=1S/C12H15N3O/c13-12(14-16)11-9-6-15(7-10(9)11)8-4-2-1-3-5-8/h1-5,9-11,16H,6-7H2,(H2,13,14)/t9-,10?,11?/m0/s1. The summed E-state index contributed by atoms with van der Waals surface area (Å²) >= 11 is 0. The first-order valence-electron chi connectivity index (χ1n) is 5.58. The maximum Gasteiger partial charge on any atom is 0.142 e. The zero-order valence-electron chi connectivity index (χ0n) is 8.95. The molecule has 3 rings (SSSR count). The van der Waals surface area contributed by atoms with E-state index in [0.29, 0.717) is 23.6 Å². The van der Waals surface area contributed by atoms with Gasteiger partial charge in [-0.1, -0.05) is 23.4 Å². The van der Waals surface area contributed by atoms with Gasteiger partial charge < -0.3 is 15.8 Å². The lowest BCUT2D eigenvalue weighted by Crippen LogP contribution is -2.28. The molecule has 1 aromatic rings. The van der Waals surface area contributed by atoms with Crippen LogP contribution in [0.1, 0.15) is 0 Å². The molecule has 0 radical (unpaired) electrons. The van der Waals surface area contributed by atoms with Crippen molar-refractivity contribution < 1.29 is 5.21 Å². The normalized spacial score (nSPS) is 32.6. The van der Waals surface area contributed by atoms with Crippen LogP contribution in [-0.2, 0) is 0 Å². The first-order chi connectivity index (χ1) is 7.81. The molecule has 2 aliphatic rings. The fraction of sp³-hybridized carbons (Fsp3) is 0.417. The molecule has 1 saturated heterocycles. The fourth-order valence-corrected chi connectivity index (χ4v) is 2.88. The van der Waals surface area contributed by atoms with Crippen molar-refractivity contribution in [2.75, 3.05) is 18.0 Å². The molecule has 84 valence electrons. The zero-order valence-corrected chi connectivity index (χ0v) is 8.95. The summed E-state index contributed by atoms with van der Waals surface area (Å²) in [5.41, 5.74) is 6.91. The molecule has 1 aliphatic heterocycles. The van der Waals surface area contributed by atoms with Crippen LogP contribution >= 0.6 is 0 Å². The van der Waals surface area contributed by atoms with Crippen LogP contribution in [0.15, 0.2) is 35.5 Å². The Labute approximate surface area is 94.4 Å². The van der Waals surface area contributed by atoms with Crippen molar-refractivity contribution >= 4 is 11.5 Å². The van der Waals surface area contributed by atoms with Gasteiger partial charge in [-0.25, -0.2) is 0 Å². The van der Waals surface area contributed by atoms with Gasteiger partial charge in [0.15, 0.2) is 0 Å². The number of benzene rings is 1. The summed E-state index contributed by atoms with van der Waals surface area (Å²) in [6.07, 6.45) is 0. The summed E-state index contributed by atoms with van der Waals surface area (Å²) in [7, 11) is 0. The van der Waals surface area contributed by atoms with Crippen LogP contribution in [0.2, 0.25) is 0 Å². The van der Waals surface area contributed by atoms with Crippen LogP contribution in [0.4, 0.5) is 5.69 Å². The predicted octanol–water partition coefficient (Wildman–Crippen LogP) is 1.12. The molecule has 1 heterocycles. The van der Waals surface area contributed by atoms with E-state index in [1.165, 1.54) is 5.69 Å². The van der Waals surface area contributed by atoms with E-state index in [9.17, 15) is 0 Å². The van der Waals surface area contributed by atoms with Crippen molar-refractivity contribution in [2.24, 2.45) is 28.6 Å². The lowest BCUT2D eigenvalue weighted by molar-refractivity contribution is 0.315. The second-order valence-electron chi connectivity index (χ2n) is 4.62. The summed E-state index contributed by atoms with van der Waals surface area (Å²) in [4.78, 5) is 2.37. The third-order valence-corrected chi connectivity index (χ3v) is 3.77. The van der Waals surface area contributed by atoms with Gasteiger partial charge in [0.05, 0.1) is 0 Å². The topological polar surface area (TPSA) is 61.9 Å². The molecular weight excluding hydrogens is 202 g/mol. The van der Waals surface area contributed by atoms with Crippen molar-refractivity contribution in [3.05, 3.63) is 30.3 Å². The smallest absolute Gasteiger partial charge is 0.142 e. The van der Waals surface area contributed by atoms with Crippen molar-refractivity contribution in [1.82, 2.24) is 0 Å². The van der Waals surface area contributed by atoms with Crippen molar-refractivity contribution in [3.63, 3.8) is 0 Å². The highest BCUT2D eigenvalue weighted by Gasteiger charge is 2.57. The van der Waals surface area contributed by atoms with Crippen LogP contribution in [0, 0.1) is 17.8 Å². The molecule has 0 amide bonds. The summed E-state index contributed by atoms with van der Waals surface area (Å²) in [6.45, 7) is 2.05. The van der Waals surface area contributed by atoms with E-state index in [1.807, 2.05) is 6.07 Å². The van der Waals surface area contributed by atoms with Crippen molar-refractivity contribution in [1.29, 1.82) is 0 Å². The average Bonchev–Trinajstić information content (AvgIpc) is 2.84. The summed E-state index contributed by atoms with van der Waals surface area (Å²) in [5.74, 6) is 1.87. The molecule has 4 heteroatoms. The van der Waals surface area contributed by atoms with Crippen molar-refractivity contribution in [2.45, 2.75) is 0 Å². The third kappa shape index (κ3) is 1.33. The minimum Gasteiger partial charge on any atom is -0.409 e. The van der Waals surface area contributed by atoms with Crippen LogP contribution in [-0.4, -0.2) is 24.1 Å². The van der Waals surface area contributed by atoms with Crippen LogP contribution in [0.25, 0.3) is 0 Å². The quantitative estimate of drug-likeness (QED) is 0.338. The number of para-hydroxylation sites is 1. The molecule has 1 aromatic carbocycles. The number of amidine groups is 1. The van der Waals surface area contributed by atoms with Gasteiger partial charge in [0, 0.05) is 24.7 Å². The minimum atomic E-state index is 0.310. The highest BCUT2D eigenvalue weighted by Crippen LogP contribution is 2.52. The van der Waals surface area contributed by atoms with E-state index < -0.39 is 0 Å². The number of rotatable bonds is 2. The molecule has 1 saturated carbocycles. The summed E-state index contributed by atoms with van der Waals surface area (Å²) in [5, 5.41) is 11.7. The Morgan fingerprint density at radius 1 is 1.25 bits per heavy atom. The van der Waals surface area contributed by atoms with Crippen LogP contribution in [0.5, 0.6) is 0 Å². The van der Waals surface area contributed by atoms with E-state index in [4.69, 9.17) is 10.9 Å². The SMILES string of the molecule is N/C(=N\O)C1C2CN(c3ccccc3)C[C@@H]21. The zero-order chi connectivity index (χ0) is 11.1. The summed E-state index contributed by atoms with van der Waals surface area (Å²) < 4.78 is 0. The lowest BCUT2D eigenvalue weighted by atomic mass is 10.2. The van der Waals surface area contributed by atoms with Gasteiger partial charge in [-0.3, -0.25) is 0 Å². The van der Waals surface area contributed by atoms with Gasteiger partial charge >= 0.3 is 0 Å². The fourth-order valence-electron chi connectivity index (χ4n) is 2.88. The first kappa shape index (κ1) is 9.51. The Bertz CT molecular complexity index is 406. The second-order valence-corrected chi connectivity index (χ2v) is 4.62. The molecule has 3 N–H and O–H groups in total. The van der Waals surface area contributed by atoms with Gasteiger partial charge in [-0.2, -0.15) is 0 Å². The van der Waals surface area contributed by atoms with Gasteiger partial charge in [-0.15, -0.1) is 0 Å². The second kappa shape index (κ2) is 3.40. The maximum atomic E-state index is 8.63. The van der Waals surface area contributed by atoms with Gasteiger partial charge in [0.1, 0.15) is 5.84 Å². The van der Waals surface area contributed by atoms with E-state index in [2.05, 4.69) is 34.3 Å². The molecule has 2 unspecified atom stereocenters. The molecule has 2 fully saturated rings. The van der Waals surface area contributed by atoms with Crippen LogP contribution in [0.3, 0.4) is 0 Å². The third-order valence-electron chi connectivity index (χ3n) is 3.77.